The molecule has 0 saturated carbocycles. The molecule has 2 N–H and O–H groups in total. The predicted octanol–water partition coefficient (Wildman–Crippen LogP) is 0.831. The number of thioether (sulfide) groups is 1. The average Bonchev–Trinajstić information content (AvgIpc) is 2.69. The summed E-state index contributed by atoms with van der Waals surface area (Å²) in [4.78, 5) is 15.5. The second-order valence-corrected chi connectivity index (χ2v) is 4.27. The second kappa shape index (κ2) is 5.14. The maximum Gasteiger partial charge on any atom is 0.316 e. The molecule has 0 radical (unpaired) electrons. The van der Waals surface area contributed by atoms with Gasteiger partial charge in [0.25, 0.3) is 0 Å². The van der Waals surface area contributed by atoms with Gasteiger partial charge in [0.15, 0.2) is 12.3 Å². The smallest absolute Gasteiger partial charge is 0.316 e. The SMILES string of the molecule is CSCC(=O)OCC1=Nc2ccccc2[NH2+]1. The van der Waals surface area contributed by atoms with E-state index in [1.807, 2.05) is 35.8 Å². The number of para-hydroxylation sites is 2. The van der Waals surface area contributed by atoms with Crippen molar-refractivity contribution in [3.63, 3.8) is 0 Å². The number of aliphatic imine (C=N–C) groups is 1. The molecule has 0 aromatic heterocycles. The molecule has 1 aliphatic heterocycles. The number of ether oxygens (including phenoxy) is 1. The number of rotatable bonds is 4. The quantitative estimate of drug-likeness (QED) is 0.623. The zero-order chi connectivity index (χ0) is 11.4. The van der Waals surface area contributed by atoms with Crippen LogP contribution >= 0.6 is 11.8 Å². The first kappa shape index (κ1) is 11.2. The van der Waals surface area contributed by atoms with Gasteiger partial charge in [0.05, 0.1) is 5.75 Å². The van der Waals surface area contributed by atoms with Crippen molar-refractivity contribution in [2.24, 2.45) is 4.99 Å². The zero-order valence-electron chi connectivity index (χ0n) is 8.97. The molecule has 5 heteroatoms. The van der Waals surface area contributed by atoms with E-state index < -0.39 is 0 Å². The molecule has 4 nitrogen and oxygen atoms in total. The van der Waals surface area contributed by atoms with Crippen LogP contribution in [0.25, 0.3) is 0 Å². The van der Waals surface area contributed by atoms with Crippen LogP contribution in [-0.2, 0) is 9.53 Å². The molecule has 0 atom stereocenters. The molecule has 0 spiro atoms. The Kier molecular flexibility index (Phi) is 3.58. The molecule has 0 aliphatic carbocycles. The molecular formula is C11H13N2O2S+. The van der Waals surface area contributed by atoms with E-state index >= 15 is 0 Å². The van der Waals surface area contributed by atoms with Gasteiger partial charge in [-0.25, -0.2) is 0 Å². The minimum Gasteiger partial charge on any atom is -0.453 e. The van der Waals surface area contributed by atoms with E-state index in [2.05, 4.69) is 4.99 Å². The molecule has 0 amide bonds. The zero-order valence-corrected chi connectivity index (χ0v) is 9.79. The average molecular weight is 237 g/mol. The van der Waals surface area contributed by atoms with Crippen LogP contribution in [0.2, 0.25) is 0 Å². The normalized spacial score (nSPS) is 13.2. The van der Waals surface area contributed by atoms with Gasteiger partial charge < -0.3 is 4.74 Å². The van der Waals surface area contributed by atoms with Crippen molar-refractivity contribution >= 4 is 34.9 Å². The highest BCUT2D eigenvalue weighted by Crippen LogP contribution is 2.22. The number of amidine groups is 1. The van der Waals surface area contributed by atoms with Crippen molar-refractivity contribution in [2.45, 2.75) is 0 Å². The maximum atomic E-state index is 11.2. The summed E-state index contributed by atoms with van der Waals surface area (Å²) in [7, 11) is 0. The lowest BCUT2D eigenvalue weighted by molar-refractivity contribution is -0.442. The molecule has 0 bridgehead atoms. The van der Waals surface area contributed by atoms with E-state index in [9.17, 15) is 4.79 Å². The fourth-order valence-electron chi connectivity index (χ4n) is 1.47. The summed E-state index contributed by atoms with van der Waals surface area (Å²) in [6.07, 6.45) is 1.87. The van der Waals surface area contributed by atoms with Crippen LogP contribution in [-0.4, -0.2) is 30.4 Å². The third-order valence-corrected chi connectivity index (χ3v) is 2.69. The van der Waals surface area contributed by atoms with E-state index in [1.54, 1.807) is 0 Å². The molecule has 0 unspecified atom stereocenters. The van der Waals surface area contributed by atoms with E-state index in [-0.39, 0.29) is 12.6 Å². The van der Waals surface area contributed by atoms with Crippen molar-refractivity contribution in [3.8, 4) is 0 Å². The summed E-state index contributed by atoms with van der Waals surface area (Å²) in [5.41, 5.74) is 2.02. The Hall–Kier alpha value is -1.33. The molecular weight excluding hydrogens is 224 g/mol. The van der Waals surface area contributed by atoms with Gasteiger partial charge in [-0.3, -0.25) is 10.1 Å². The number of carbonyl (C=O) groups excluding carboxylic acids is 1. The molecule has 0 saturated heterocycles. The van der Waals surface area contributed by atoms with Crippen molar-refractivity contribution < 1.29 is 14.8 Å². The highest BCUT2D eigenvalue weighted by Gasteiger charge is 2.19. The second-order valence-electron chi connectivity index (χ2n) is 3.40. The molecule has 1 aromatic rings. The van der Waals surface area contributed by atoms with Gasteiger partial charge in [-0.15, -0.1) is 0 Å². The number of nitrogens with zero attached hydrogens (tertiary/aromatic N) is 1. The van der Waals surface area contributed by atoms with Crippen molar-refractivity contribution in [2.75, 3.05) is 18.6 Å². The molecule has 1 heterocycles. The Morgan fingerprint density at radius 1 is 1.50 bits per heavy atom. The van der Waals surface area contributed by atoms with Crippen LogP contribution in [0.15, 0.2) is 29.3 Å². The predicted molar refractivity (Wildman–Crippen MR) is 64.5 cm³/mol. The number of nitrogens with two attached hydrogens (primary N) is 1. The van der Waals surface area contributed by atoms with Crippen molar-refractivity contribution in [1.82, 2.24) is 0 Å². The molecule has 0 fully saturated rings. The lowest BCUT2D eigenvalue weighted by atomic mass is 10.3. The van der Waals surface area contributed by atoms with Crippen LogP contribution in [0, 0.1) is 0 Å². The van der Waals surface area contributed by atoms with Gasteiger partial charge in [-0.1, -0.05) is 12.1 Å². The minimum atomic E-state index is -0.195. The van der Waals surface area contributed by atoms with Gasteiger partial charge in [0.1, 0.15) is 5.69 Å². The number of hydrogen-bond acceptors (Lipinski definition) is 4. The molecule has 1 aliphatic rings. The summed E-state index contributed by atoms with van der Waals surface area (Å²) >= 11 is 1.45. The standard InChI is InChI=1S/C11H12N2O2S/c1-16-7-11(14)15-6-10-12-8-4-2-3-5-9(8)13-10/h2-5H,6-7H2,1H3,(H,12,13)/p+1. The van der Waals surface area contributed by atoms with Crippen LogP contribution < -0.4 is 5.32 Å². The van der Waals surface area contributed by atoms with E-state index in [1.165, 1.54) is 11.8 Å². The van der Waals surface area contributed by atoms with Crippen LogP contribution in [0.1, 0.15) is 0 Å². The first-order valence-electron chi connectivity index (χ1n) is 4.95. The highest BCUT2D eigenvalue weighted by atomic mass is 32.2. The highest BCUT2D eigenvalue weighted by molar-refractivity contribution is 7.99. The Labute approximate surface area is 98.1 Å². The molecule has 84 valence electrons. The molecule has 2 rings (SSSR count). The molecule has 1 aromatic carbocycles. The summed E-state index contributed by atoms with van der Waals surface area (Å²) in [6.45, 7) is 0.258. The van der Waals surface area contributed by atoms with E-state index in [4.69, 9.17) is 4.74 Å². The monoisotopic (exact) mass is 237 g/mol. The van der Waals surface area contributed by atoms with Crippen LogP contribution in [0.5, 0.6) is 0 Å². The third-order valence-electron chi connectivity index (χ3n) is 2.17. The fraction of sp³-hybridized carbons (Fsp3) is 0.273. The van der Waals surface area contributed by atoms with Gasteiger partial charge >= 0.3 is 5.97 Å². The van der Waals surface area contributed by atoms with Crippen LogP contribution in [0.3, 0.4) is 0 Å². The Morgan fingerprint density at radius 3 is 3.06 bits per heavy atom. The largest absolute Gasteiger partial charge is 0.453 e. The lowest BCUT2D eigenvalue weighted by Crippen LogP contribution is -2.81. The summed E-state index contributed by atoms with van der Waals surface area (Å²) < 4.78 is 5.08. The van der Waals surface area contributed by atoms with E-state index in [0.717, 1.165) is 17.2 Å². The lowest BCUT2D eigenvalue weighted by Gasteiger charge is -2.00. The first-order chi connectivity index (χ1) is 7.79. The number of quaternary nitrogens is 1. The topological polar surface area (TPSA) is 55.3 Å². The number of benzene rings is 1. The van der Waals surface area contributed by atoms with Gasteiger partial charge in [0.2, 0.25) is 5.84 Å². The fourth-order valence-corrected chi connectivity index (χ4v) is 1.78. The first-order valence-corrected chi connectivity index (χ1v) is 6.35. The van der Waals surface area contributed by atoms with Gasteiger partial charge in [0, 0.05) is 6.07 Å². The summed E-state index contributed by atoms with van der Waals surface area (Å²) in [6, 6.07) is 7.85. The maximum absolute atomic E-state index is 11.2. The van der Waals surface area contributed by atoms with E-state index in [0.29, 0.717) is 5.75 Å². The third kappa shape index (κ3) is 2.62. The number of fused-ring (bicyclic) bond motifs is 1. The summed E-state index contributed by atoms with van der Waals surface area (Å²) in [5, 5.41) is 1.95. The van der Waals surface area contributed by atoms with Crippen molar-refractivity contribution in [1.29, 1.82) is 0 Å². The minimum absolute atomic E-state index is 0.195. The summed E-state index contributed by atoms with van der Waals surface area (Å²) in [5.74, 6) is 0.996. The van der Waals surface area contributed by atoms with Gasteiger partial charge in [-0.2, -0.15) is 16.8 Å². The van der Waals surface area contributed by atoms with Gasteiger partial charge in [-0.05, 0) is 12.3 Å². The van der Waals surface area contributed by atoms with Crippen molar-refractivity contribution in [3.05, 3.63) is 24.3 Å². The Morgan fingerprint density at radius 2 is 2.31 bits per heavy atom. The van der Waals surface area contributed by atoms with Crippen LogP contribution in [0.4, 0.5) is 11.4 Å². The Bertz CT molecular complexity index is 432. The number of carbonyl (C=O) groups is 1. The Balaban J connectivity index is 1.89. The number of esters is 1. The number of hydrogen-bond donors (Lipinski definition) is 1. The molecule has 16 heavy (non-hydrogen) atoms.